The van der Waals surface area contributed by atoms with Gasteiger partial charge < -0.3 is 10.1 Å². The van der Waals surface area contributed by atoms with Gasteiger partial charge in [-0.3, -0.25) is 4.79 Å². The van der Waals surface area contributed by atoms with E-state index in [1.807, 2.05) is 12.1 Å². The number of amides is 1. The van der Waals surface area contributed by atoms with E-state index < -0.39 is 0 Å². The van der Waals surface area contributed by atoms with Crippen molar-refractivity contribution in [2.24, 2.45) is 0 Å². The van der Waals surface area contributed by atoms with Crippen LogP contribution in [0.5, 0.6) is 0 Å². The lowest BCUT2D eigenvalue weighted by atomic mass is 10.0. The lowest BCUT2D eigenvalue weighted by Crippen LogP contribution is -2.03. The monoisotopic (exact) mass is 217 g/mol. The van der Waals surface area contributed by atoms with Gasteiger partial charge in [-0.15, -0.1) is 0 Å². The van der Waals surface area contributed by atoms with Crippen molar-refractivity contribution in [3.8, 4) is 0 Å². The number of hydrogen-bond donors (Lipinski definition) is 1. The van der Waals surface area contributed by atoms with Gasteiger partial charge in [-0.25, -0.2) is 0 Å². The second-order valence-corrected chi connectivity index (χ2v) is 4.27. The van der Waals surface area contributed by atoms with Crippen LogP contribution in [-0.4, -0.2) is 11.7 Å². The van der Waals surface area contributed by atoms with Crippen LogP contribution in [0.15, 0.2) is 18.2 Å². The summed E-state index contributed by atoms with van der Waals surface area (Å²) in [5.74, 6) is 0.300. The summed E-state index contributed by atoms with van der Waals surface area (Å²) < 4.78 is 0. The van der Waals surface area contributed by atoms with E-state index in [1.54, 1.807) is 6.92 Å². The molecule has 3 heteroatoms. The maximum atomic E-state index is 11.2. The molecule has 0 aliphatic carbocycles. The van der Waals surface area contributed by atoms with E-state index in [1.165, 1.54) is 5.56 Å². The molecule has 2 rings (SSSR count). The Labute approximate surface area is 94.9 Å². The highest BCUT2D eigenvalue weighted by Crippen LogP contribution is 2.24. The minimum atomic E-state index is 0.0656. The van der Waals surface area contributed by atoms with E-state index >= 15 is 0 Å². The minimum absolute atomic E-state index is 0.0656. The zero-order valence-corrected chi connectivity index (χ0v) is 9.38. The summed E-state index contributed by atoms with van der Waals surface area (Å²) >= 11 is 0. The van der Waals surface area contributed by atoms with Gasteiger partial charge in [-0.05, 0) is 37.0 Å². The Kier molecular flexibility index (Phi) is 3.04. The molecule has 0 fully saturated rings. The molecule has 1 aromatic rings. The van der Waals surface area contributed by atoms with E-state index in [9.17, 15) is 9.59 Å². The predicted molar refractivity (Wildman–Crippen MR) is 62.4 cm³/mol. The van der Waals surface area contributed by atoms with E-state index in [-0.39, 0.29) is 11.7 Å². The second kappa shape index (κ2) is 4.47. The van der Waals surface area contributed by atoms with E-state index in [0.717, 1.165) is 24.1 Å². The molecule has 3 nitrogen and oxygen atoms in total. The van der Waals surface area contributed by atoms with Crippen LogP contribution >= 0.6 is 0 Å². The minimum Gasteiger partial charge on any atom is -0.326 e. The first-order chi connectivity index (χ1) is 7.65. The van der Waals surface area contributed by atoms with Gasteiger partial charge in [0.2, 0.25) is 5.91 Å². The van der Waals surface area contributed by atoms with Gasteiger partial charge in [-0.1, -0.05) is 12.1 Å². The third kappa shape index (κ3) is 2.48. The van der Waals surface area contributed by atoms with Crippen LogP contribution in [0.1, 0.15) is 30.9 Å². The fourth-order valence-corrected chi connectivity index (χ4v) is 1.98. The number of rotatable bonds is 4. The number of ketones is 1. The first-order valence-electron chi connectivity index (χ1n) is 5.56. The molecule has 84 valence electrons. The number of Topliss-reactive ketones (excluding diaryl/α,β-unsaturated/α-hetero) is 1. The third-order valence-corrected chi connectivity index (χ3v) is 2.79. The molecule has 1 amide bonds. The number of hydrogen-bond acceptors (Lipinski definition) is 2. The summed E-state index contributed by atoms with van der Waals surface area (Å²) in [6, 6.07) is 6.03. The Morgan fingerprint density at radius 2 is 2.25 bits per heavy atom. The van der Waals surface area contributed by atoms with Crippen molar-refractivity contribution >= 4 is 17.4 Å². The zero-order chi connectivity index (χ0) is 11.5. The van der Waals surface area contributed by atoms with E-state index in [0.29, 0.717) is 12.8 Å². The standard InChI is InChI=1S/C13H15NO2/c1-9(15)3-2-4-10-5-6-12-11(7-10)8-13(16)14-12/h5-7H,2-4,8H2,1H3,(H,14,16). The van der Waals surface area contributed by atoms with Crippen LogP contribution in [0, 0.1) is 0 Å². The average molecular weight is 217 g/mol. The van der Waals surface area contributed by atoms with Crippen molar-refractivity contribution in [1.29, 1.82) is 0 Å². The van der Waals surface area contributed by atoms with Gasteiger partial charge in [0.15, 0.2) is 0 Å². The molecule has 0 radical (unpaired) electrons. The summed E-state index contributed by atoms with van der Waals surface area (Å²) in [5.41, 5.74) is 3.21. The molecule has 1 heterocycles. The Morgan fingerprint density at radius 3 is 3.00 bits per heavy atom. The second-order valence-electron chi connectivity index (χ2n) is 4.27. The molecule has 0 bridgehead atoms. The molecule has 1 aliphatic rings. The Morgan fingerprint density at radius 1 is 1.44 bits per heavy atom. The molecule has 1 aliphatic heterocycles. The molecule has 0 unspecified atom stereocenters. The van der Waals surface area contributed by atoms with Crippen molar-refractivity contribution in [3.05, 3.63) is 29.3 Å². The van der Waals surface area contributed by atoms with Crippen molar-refractivity contribution in [3.63, 3.8) is 0 Å². The maximum absolute atomic E-state index is 11.2. The Balaban J connectivity index is 1.99. The van der Waals surface area contributed by atoms with Crippen LogP contribution in [0.3, 0.4) is 0 Å². The Hall–Kier alpha value is -1.64. The molecule has 16 heavy (non-hydrogen) atoms. The average Bonchev–Trinajstić information content (AvgIpc) is 2.56. The Bertz CT molecular complexity index is 438. The van der Waals surface area contributed by atoms with Gasteiger partial charge >= 0.3 is 0 Å². The van der Waals surface area contributed by atoms with Gasteiger partial charge in [0.25, 0.3) is 0 Å². The number of carbonyl (C=O) groups is 2. The smallest absolute Gasteiger partial charge is 0.228 e. The number of anilines is 1. The summed E-state index contributed by atoms with van der Waals surface area (Å²) in [6.45, 7) is 1.62. The van der Waals surface area contributed by atoms with Crippen LogP contribution in [-0.2, 0) is 22.4 Å². The first-order valence-corrected chi connectivity index (χ1v) is 5.56. The van der Waals surface area contributed by atoms with Crippen molar-refractivity contribution < 1.29 is 9.59 Å². The number of aryl methyl sites for hydroxylation is 1. The van der Waals surface area contributed by atoms with Crippen LogP contribution in [0.4, 0.5) is 5.69 Å². The molecule has 0 saturated carbocycles. The molecular formula is C13H15NO2. The van der Waals surface area contributed by atoms with Crippen molar-refractivity contribution in [2.45, 2.75) is 32.6 Å². The molecule has 0 spiro atoms. The number of benzene rings is 1. The normalized spacial score (nSPS) is 13.4. The number of fused-ring (bicyclic) bond motifs is 1. The number of carbonyl (C=O) groups excluding carboxylic acids is 2. The maximum Gasteiger partial charge on any atom is 0.228 e. The molecule has 0 aromatic heterocycles. The van der Waals surface area contributed by atoms with Crippen LogP contribution in [0.2, 0.25) is 0 Å². The largest absolute Gasteiger partial charge is 0.326 e. The summed E-state index contributed by atoms with van der Waals surface area (Å²) in [4.78, 5) is 22.0. The first kappa shape index (κ1) is 10.9. The van der Waals surface area contributed by atoms with Gasteiger partial charge in [-0.2, -0.15) is 0 Å². The highest BCUT2D eigenvalue weighted by atomic mass is 16.1. The lowest BCUT2D eigenvalue weighted by Gasteiger charge is -2.03. The van der Waals surface area contributed by atoms with Crippen molar-refractivity contribution in [2.75, 3.05) is 5.32 Å². The van der Waals surface area contributed by atoms with Crippen molar-refractivity contribution in [1.82, 2.24) is 0 Å². The fraction of sp³-hybridized carbons (Fsp3) is 0.385. The third-order valence-electron chi connectivity index (χ3n) is 2.79. The van der Waals surface area contributed by atoms with Gasteiger partial charge in [0, 0.05) is 12.1 Å². The highest BCUT2D eigenvalue weighted by molar-refractivity contribution is 5.99. The highest BCUT2D eigenvalue weighted by Gasteiger charge is 2.17. The predicted octanol–water partition coefficient (Wildman–Crippen LogP) is 2.09. The van der Waals surface area contributed by atoms with Crippen LogP contribution < -0.4 is 5.32 Å². The fourth-order valence-electron chi connectivity index (χ4n) is 1.98. The van der Waals surface area contributed by atoms with Crippen LogP contribution in [0.25, 0.3) is 0 Å². The van der Waals surface area contributed by atoms with E-state index in [2.05, 4.69) is 11.4 Å². The number of nitrogens with one attached hydrogen (secondary N) is 1. The molecule has 1 N–H and O–H groups in total. The molecule has 0 saturated heterocycles. The quantitative estimate of drug-likeness (QED) is 0.839. The zero-order valence-electron chi connectivity index (χ0n) is 9.38. The van der Waals surface area contributed by atoms with E-state index in [4.69, 9.17) is 0 Å². The summed E-state index contributed by atoms with van der Waals surface area (Å²) in [7, 11) is 0. The summed E-state index contributed by atoms with van der Waals surface area (Å²) in [6.07, 6.45) is 2.90. The summed E-state index contributed by atoms with van der Waals surface area (Å²) in [5, 5.41) is 2.81. The lowest BCUT2D eigenvalue weighted by molar-refractivity contribution is -0.117. The molecule has 0 atom stereocenters. The topological polar surface area (TPSA) is 46.2 Å². The van der Waals surface area contributed by atoms with Gasteiger partial charge in [0.05, 0.1) is 6.42 Å². The SMILES string of the molecule is CC(=O)CCCc1ccc2c(c1)CC(=O)N2. The van der Waals surface area contributed by atoms with Gasteiger partial charge in [0.1, 0.15) is 5.78 Å². The molecule has 1 aromatic carbocycles. The molecular weight excluding hydrogens is 202 g/mol.